The highest BCUT2D eigenvalue weighted by molar-refractivity contribution is 4.81. The van der Waals surface area contributed by atoms with Crippen molar-refractivity contribution in [1.82, 2.24) is 15.1 Å². The molecule has 1 aliphatic heterocycles. The van der Waals surface area contributed by atoms with Gasteiger partial charge in [-0.2, -0.15) is 5.10 Å². The van der Waals surface area contributed by atoms with E-state index >= 15 is 0 Å². The van der Waals surface area contributed by atoms with Gasteiger partial charge in [-0.05, 0) is 25.5 Å². The van der Waals surface area contributed by atoms with E-state index in [1.54, 1.807) is 0 Å². The molecule has 1 aromatic rings. The van der Waals surface area contributed by atoms with E-state index in [-0.39, 0.29) is 0 Å². The predicted molar refractivity (Wildman–Crippen MR) is 43.3 cm³/mol. The molecule has 1 aromatic heterocycles. The average Bonchev–Trinajstić information content (AvgIpc) is 2.60. The van der Waals surface area contributed by atoms with Crippen molar-refractivity contribution in [3.8, 4) is 0 Å². The molecule has 1 saturated heterocycles. The van der Waals surface area contributed by atoms with Crippen molar-refractivity contribution in [2.45, 2.75) is 25.4 Å². The average molecular weight is 151 g/mol. The lowest BCUT2D eigenvalue weighted by Crippen LogP contribution is -2.26. The molecular weight excluding hydrogens is 138 g/mol. The van der Waals surface area contributed by atoms with Crippen molar-refractivity contribution in [2.24, 2.45) is 0 Å². The van der Waals surface area contributed by atoms with Gasteiger partial charge in [0, 0.05) is 18.4 Å². The Hall–Kier alpha value is -0.830. The van der Waals surface area contributed by atoms with Crippen LogP contribution < -0.4 is 5.32 Å². The largest absolute Gasteiger partial charge is 0.312 e. The van der Waals surface area contributed by atoms with Crippen LogP contribution in [-0.4, -0.2) is 22.4 Å². The zero-order valence-corrected chi connectivity index (χ0v) is 6.53. The first-order valence-electron chi connectivity index (χ1n) is 4.16. The highest BCUT2D eigenvalue weighted by atomic mass is 15.3. The molecule has 0 saturated carbocycles. The van der Waals surface area contributed by atoms with Gasteiger partial charge in [-0.1, -0.05) is 0 Å². The molecule has 0 unspecified atom stereocenters. The summed E-state index contributed by atoms with van der Waals surface area (Å²) < 4.78 is 1.99. The highest BCUT2D eigenvalue weighted by Gasteiger charge is 2.13. The summed E-state index contributed by atoms with van der Waals surface area (Å²) in [5, 5.41) is 7.59. The number of hydrogen-bond donors (Lipinski definition) is 1. The van der Waals surface area contributed by atoms with Gasteiger partial charge in [-0.25, -0.2) is 0 Å². The van der Waals surface area contributed by atoms with E-state index in [0.29, 0.717) is 6.04 Å². The first-order valence-corrected chi connectivity index (χ1v) is 4.16. The zero-order valence-electron chi connectivity index (χ0n) is 6.53. The molecule has 1 atom stereocenters. The third-order valence-electron chi connectivity index (χ3n) is 2.13. The molecule has 2 rings (SSSR count). The maximum absolute atomic E-state index is 4.16. The molecular formula is C8H13N3. The van der Waals surface area contributed by atoms with Crippen LogP contribution in [0.3, 0.4) is 0 Å². The van der Waals surface area contributed by atoms with Crippen LogP contribution in [-0.2, 0) is 6.54 Å². The Morgan fingerprint density at radius 1 is 1.64 bits per heavy atom. The Balaban J connectivity index is 1.90. The monoisotopic (exact) mass is 151 g/mol. The maximum atomic E-state index is 4.16. The van der Waals surface area contributed by atoms with Gasteiger partial charge in [0.1, 0.15) is 0 Å². The molecule has 3 nitrogen and oxygen atoms in total. The fraction of sp³-hybridized carbons (Fsp3) is 0.625. The summed E-state index contributed by atoms with van der Waals surface area (Å²) in [5.41, 5.74) is 0. The van der Waals surface area contributed by atoms with Crippen molar-refractivity contribution in [1.29, 1.82) is 0 Å². The van der Waals surface area contributed by atoms with Crippen molar-refractivity contribution < 1.29 is 0 Å². The second kappa shape index (κ2) is 3.05. The molecule has 0 spiro atoms. The van der Waals surface area contributed by atoms with Crippen LogP contribution in [0.5, 0.6) is 0 Å². The molecule has 0 bridgehead atoms. The van der Waals surface area contributed by atoms with Crippen molar-refractivity contribution >= 4 is 0 Å². The molecule has 0 aromatic carbocycles. The van der Waals surface area contributed by atoms with Crippen LogP contribution in [0.25, 0.3) is 0 Å². The SMILES string of the molecule is c1cnn(C[C@H]2CCCN2)c1. The lowest BCUT2D eigenvalue weighted by Gasteiger charge is -2.08. The van der Waals surface area contributed by atoms with Gasteiger partial charge in [-0.3, -0.25) is 4.68 Å². The summed E-state index contributed by atoms with van der Waals surface area (Å²) in [6.07, 6.45) is 6.45. The third-order valence-corrected chi connectivity index (χ3v) is 2.13. The van der Waals surface area contributed by atoms with Crippen molar-refractivity contribution in [3.63, 3.8) is 0 Å². The number of aromatic nitrogens is 2. The van der Waals surface area contributed by atoms with Crippen molar-refractivity contribution in [2.75, 3.05) is 6.54 Å². The Kier molecular flexibility index (Phi) is 1.90. The minimum Gasteiger partial charge on any atom is -0.312 e. The fourth-order valence-corrected chi connectivity index (χ4v) is 1.55. The molecule has 0 amide bonds. The first-order chi connectivity index (χ1) is 5.45. The maximum Gasteiger partial charge on any atom is 0.0562 e. The summed E-state index contributed by atoms with van der Waals surface area (Å²) in [6.45, 7) is 2.19. The summed E-state index contributed by atoms with van der Waals surface area (Å²) in [4.78, 5) is 0. The minimum absolute atomic E-state index is 0.648. The van der Waals surface area contributed by atoms with E-state index in [0.717, 1.165) is 6.54 Å². The number of nitrogens with one attached hydrogen (secondary N) is 1. The molecule has 60 valence electrons. The molecule has 1 aliphatic rings. The van der Waals surface area contributed by atoms with E-state index in [9.17, 15) is 0 Å². The fourth-order valence-electron chi connectivity index (χ4n) is 1.55. The van der Waals surface area contributed by atoms with E-state index in [4.69, 9.17) is 0 Å². The first kappa shape index (κ1) is 6.85. The van der Waals surface area contributed by atoms with Crippen molar-refractivity contribution in [3.05, 3.63) is 18.5 Å². The second-order valence-electron chi connectivity index (χ2n) is 3.02. The van der Waals surface area contributed by atoms with Gasteiger partial charge >= 0.3 is 0 Å². The molecule has 11 heavy (non-hydrogen) atoms. The van der Waals surface area contributed by atoms with Gasteiger partial charge in [0.05, 0.1) is 6.54 Å². The molecule has 3 heteroatoms. The van der Waals surface area contributed by atoms with Gasteiger partial charge in [-0.15, -0.1) is 0 Å². The summed E-state index contributed by atoms with van der Waals surface area (Å²) in [7, 11) is 0. The summed E-state index contributed by atoms with van der Waals surface area (Å²) in [5.74, 6) is 0. The standard InChI is InChI=1S/C8H13N3/c1-3-8(9-4-1)7-11-6-2-5-10-11/h2,5-6,8-9H,1,3-4,7H2/t8-/m1/s1. The van der Waals surface area contributed by atoms with E-state index in [2.05, 4.69) is 10.4 Å². The Bertz CT molecular complexity index is 199. The summed E-state index contributed by atoms with van der Waals surface area (Å²) >= 11 is 0. The molecule has 0 aliphatic carbocycles. The third kappa shape index (κ3) is 1.60. The Labute approximate surface area is 66.4 Å². The Morgan fingerprint density at radius 3 is 3.27 bits per heavy atom. The smallest absolute Gasteiger partial charge is 0.0562 e. The summed E-state index contributed by atoms with van der Waals surface area (Å²) in [6, 6.07) is 2.62. The van der Waals surface area contributed by atoms with E-state index in [1.165, 1.54) is 19.4 Å². The lowest BCUT2D eigenvalue weighted by molar-refractivity contribution is 0.476. The minimum atomic E-state index is 0.648. The van der Waals surface area contributed by atoms with Gasteiger partial charge in [0.2, 0.25) is 0 Å². The van der Waals surface area contributed by atoms with Crippen LogP contribution in [0.2, 0.25) is 0 Å². The van der Waals surface area contributed by atoms with Gasteiger partial charge < -0.3 is 5.32 Å². The topological polar surface area (TPSA) is 29.9 Å². The van der Waals surface area contributed by atoms with Gasteiger partial charge in [0.25, 0.3) is 0 Å². The quantitative estimate of drug-likeness (QED) is 0.672. The molecule has 0 radical (unpaired) electrons. The zero-order chi connectivity index (χ0) is 7.52. The number of rotatable bonds is 2. The predicted octanol–water partition coefficient (Wildman–Crippen LogP) is 0.635. The van der Waals surface area contributed by atoms with Crippen LogP contribution in [0.4, 0.5) is 0 Å². The molecule has 2 heterocycles. The highest BCUT2D eigenvalue weighted by Crippen LogP contribution is 2.06. The molecule has 1 fully saturated rings. The van der Waals surface area contributed by atoms with Crippen LogP contribution >= 0.6 is 0 Å². The van der Waals surface area contributed by atoms with E-state index < -0.39 is 0 Å². The normalized spacial score (nSPS) is 24.2. The lowest BCUT2D eigenvalue weighted by atomic mass is 10.2. The van der Waals surface area contributed by atoms with E-state index in [1.807, 2.05) is 23.1 Å². The van der Waals surface area contributed by atoms with Gasteiger partial charge in [0.15, 0.2) is 0 Å². The second-order valence-corrected chi connectivity index (χ2v) is 3.02. The number of hydrogen-bond acceptors (Lipinski definition) is 2. The van der Waals surface area contributed by atoms with Crippen LogP contribution in [0.15, 0.2) is 18.5 Å². The number of nitrogens with zero attached hydrogens (tertiary/aromatic N) is 2. The Morgan fingerprint density at radius 2 is 2.64 bits per heavy atom. The van der Waals surface area contributed by atoms with Crippen LogP contribution in [0, 0.1) is 0 Å². The van der Waals surface area contributed by atoms with Crippen LogP contribution in [0.1, 0.15) is 12.8 Å². The molecule has 1 N–H and O–H groups in total.